The third-order valence-corrected chi connectivity index (χ3v) is 6.39. The van der Waals surface area contributed by atoms with Crippen molar-refractivity contribution < 1.29 is 9.53 Å². The topological polar surface area (TPSA) is 83.5 Å². The van der Waals surface area contributed by atoms with Crippen LogP contribution in [0.3, 0.4) is 0 Å². The summed E-state index contributed by atoms with van der Waals surface area (Å²) in [6.07, 6.45) is 4.15. The molecule has 1 aliphatic heterocycles. The lowest BCUT2D eigenvalue weighted by Crippen LogP contribution is -2.35. The van der Waals surface area contributed by atoms with E-state index in [4.69, 9.17) is 9.72 Å². The highest BCUT2D eigenvalue weighted by molar-refractivity contribution is 5.82. The van der Waals surface area contributed by atoms with Gasteiger partial charge in [0.1, 0.15) is 5.60 Å². The first kappa shape index (κ1) is 25.0. The number of rotatable bonds is 2. The van der Waals surface area contributed by atoms with Crippen LogP contribution in [0.4, 0.5) is 4.79 Å². The van der Waals surface area contributed by atoms with E-state index in [1.54, 1.807) is 23.2 Å². The first-order valence-electron chi connectivity index (χ1n) is 12.7. The Morgan fingerprint density at radius 1 is 1.08 bits per heavy atom. The van der Waals surface area contributed by atoms with Crippen LogP contribution in [0.25, 0.3) is 28.2 Å². The summed E-state index contributed by atoms with van der Waals surface area (Å²) >= 11 is 0. The van der Waals surface area contributed by atoms with E-state index in [9.17, 15) is 10.1 Å². The van der Waals surface area contributed by atoms with Crippen molar-refractivity contribution >= 4 is 11.7 Å². The number of aromatic nitrogens is 3. The fourth-order valence-electron chi connectivity index (χ4n) is 4.50. The van der Waals surface area contributed by atoms with Crippen molar-refractivity contribution in [2.24, 2.45) is 5.92 Å². The van der Waals surface area contributed by atoms with Crippen LogP contribution in [-0.4, -0.2) is 44.1 Å². The molecule has 1 unspecified atom stereocenters. The molecule has 2 aromatic carbocycles. The normalized spacial score (nSPS) is 15.1. The molecular weight excluding hydrogens is 474 g/mol. The number of benzene rings is 2. The number of hydrogen-bond acceptors (Lipinski definition) is 5. The minimum Gasteiger partial charge on any atom is -0.444 e. The van der Waals surface area contributed by atoms with Gasteiger partial charge in [-0.3, -0.25) is 4.40 Å². The van der Waals surface area contributed by atoms with E-state index in [2.05, 4.69) is 54.1 Å². The zero-order chi connectivity index (χ0) is 26.9. The lowest BCUT2D eigenvalue weighted by atomic mass is 10.0. The molecule has 1 fully saturated rings. The van der Waals surface area contributed by atoms with Crippen molar-refractivity contribution in [3.8, 4) is 40.4 Å². The van der Waals surface area contributed by atoms with Crippen LogP contribution in [0.5, 0.6) is 0 Å². The van der Waals surface area contributed by atoms with Gasteiger partial charge in [0.15, 0.2) is 11.3 Å². The molecule has 0 radical (unpaired) electrons. The second kappa shape index (κ2) is 10.0. The summed E-state index contributed by atoms with van der Waals surface area (Å²) in [5.41, 5.74) is 6.03. The number of amides is 1. The van der Waals surface area contributed by atoms with Gasteiger partial charge in [-0.05, 0) is 52.2 Å². The van der Waals surface area contributed by atoms with E-state index in [-0.39, 0.29) is 12.0 Å². The molecule has 1 aliphatic rings. The van der Waals surface area contributed by atoms with Crippen LogP contribution < -0.4 is 0 Å². The van der Waals surface area contributed by atoms with Crippen LogP contribution in [-0.2, 0) is 4.74 Å². The van der Waals surface area contributed by atoms with E-state index in [1.807, 2.05) is 43.5 Å². The molecule has 38 heavy (non-hydrogen) atoms. The van der Waals surface area contributed by atoms with E-state index >= 15 is 0 Å². The van der Waals surface area contributed by atoms with Gasteiger partial charge in [-0.1, -0.05) is 47.9 Å². The molecule has 190 valence electrons. The Labute approximate surface area is 222 Å². The summed E-state index contributed by atoms with van der Waals surface area (Å²) < 4.78 is 7.54. The Bertz CT molecular complexity index is 1590. The monoisotopic (exact) mass is 503 g/mol. The molecule has 3 heterocycles. The highest BCUT2D eigenvalue weighted by atomic mass is 16.6. The minimum absolute atomic E-state index is 0.0227. The summed E-state index contributed by atoms with van der Waals surface area (Å²) in [5.74, 6) is 6.62. The number of carbonyl (C=O) groups excluding carboxylic acids is 1. The molecule has 1 amide bonds. The van der Waals surface area contributed by atoms with Crippen molar-refractivity contribution in [2.75, 3.05) is 13.1 Å². The van der Waals surface area contributed by atoms with Gasteiger partial charge in [-0.2, -0.15) is 5.26 Å². The van der Waals surface area contributed by atoms with Crippen molar-refractivity contribution in [1.82, 2.24) is 19.3 Å². The maximum Gasteiger partial charge on any atom is 0.410 e. The first-order valence-corrected chi connectivity index (χ1v) is 12.7. The molecule has 0 spiro atoms. The summed E-state index contributed by atoms with van der Waals surface area (Å²) in [7, 11) is 0. The molecule has 0 bridgehead atoms. The molecular formula is C31H29N5O2. The number of likely N-dealkylation sites (tertiary alicyclic amines) is 1. The minimum atomic E-state index is -0.530. The maximum atomic E-state index is 12.5. The maximum absolute atomic E-state index is 12.5. The highest BCUT2D eigenvalue weighted by Crippen LogP contribution is 2.33. The molecule has 7 heteroatoms. The standard InChI is InChI=1S/C31H29N5O2/c1-21-5-10-25(11-6-21)28-27(24-12-7-22(19-32)8-13-24)34-26(29-33-16-18-36(28)29)14-9-23-15-17-35(20-23)30(37)38-31(2,3)4/h5-8,10-13,16,18,23H,15,17,20H2,1-4H3. The number of nitriles is 1. The summed E-state index contributed by atoms with van der Waals surface area (Å²) in [5, 5.41) is 9.27. The lowest BCUT2D eigenvalue weighted by Gasteiger charge is -2.24. The number of hydrogen-bond donors (Lipinski definition) is 0. The second-order valence-corrected chi connectivity index (χ2v) is 10.5. The number of imidazole rings is 1. The van der Waals surface area contributed by atoms with Gasteiger partial charge in [0.05, 0.1) is 23.0 Å². The van der Waals surface area contributed by atoms with Crippen molar-refractivity contribution in [1.29, 1.82) is 5.26 Å². The quantitative estimate of drug-likeness (QED) is 0.320. The van der Waals surface area contributed by atoms with Crippen LogP contribution in [0.15, 0.2) is 60.9 Å². The van der Waals surface area contributed by atoms with Crippen LogP contribution in [0, 0.1) is 36.0 Å². The van der Waals surface area contributed by atoms with Gasteiger partial charge in [-0.15, -0.1) is 0 Å². The SMILES string of the molecule is Cc1ccc(-c2c(-c3ccc(C#N)cc3)nc(C#CC3CCN(C(=O)OC(C)(C)C)C3)c3nccn23)cc1. The van der Waals surface area contributed by atoms with Crippen LogP contribution >= 0.6 is 0 Å². The Hall–Kier alpha value is -4.62. The van der Waals surface area contributed by atoms with E-state index in [1.165, 1.54) is 5.56 Å². The Balaban J connectivity index is 1.55. The Kier molecular flexibility index (Phi) is 6.61. The van der Waals surface area contributed by atoms with Crippen LogP contribution in [0.2, 0.25) is 0 Å². The number of carbonyl (C=O) groups is 1. The molecule has 7 nitrogen and oxygen atoms in total. The van der Waals surface area contributed by atoms with E-state index in [0.717, 1.165) is 28.9 Å². The summed E-state index contributed by atoms with van der Waals surface area (Å²) in [4.78, 5) is 23.8. The zero-order valence-electron chi connectivity index (χ0n) is 22.0. The van der Waals surface area contributed by atoms with E-state index < -0.39 is 5.60 Å². The number of ether oxygens (including phenoxy) is 1. The van der Waals surface area contributed by atoms with Crippen molar-refractivity contribution in [3.05, 3.63) is 77.7 Å². The van der Waals surface area contributed by atoms with Crippen LogP contribution in [0.1, 0.15) is 44.0 Å². The molecule has 4 aromatic rings. The van der Waals surface area contributed by atoms with Crippen molar-refractivity contribution in [2.45, 2.75) is 39.7 Å². The average Bonchev–Trinajstić information content (AvgIpc) is 3.57. The fourth-order valence-corrected chi connectivity index (χ4v) is 4.50. The van der Waals surface area contributed by atoms with Gasteiger partial charge in [0, 0.05) is 42.5 Å². The van der Waals surface area contributed by atoms with Gasteiger partial charge in [0.2, 0.25) is 0 Å². The number of nitrogens with zero attached hydrogens (tertiary/aromatic N) is 5. The summed E-state index contributed by atoms with van der Waals surface area (Å²) in [6.45, 7) is 8.80. The first-order chi connectivity index (χ1) is 18.2. The van der Waals surface area contributed by atoms with Crippen molar-refractivity contribution in [3.63, 3.8) is 0 Å². The smallest absolute Gasteiger partial charge is 0.410 e. The fraction of sp³-hybridized carbons (Fsp3) is 0.290. The zero-order valence-corrected chi connectivity index (χ0v) is 22.0. The molecule has 1 atom stereocenters. The largest absolute Gasteiger partial charge is 0.444 e. The van der Waals surface area contributed by atoms with Gasteiger partial charge < -0.3 is 9.64 Å². The molecule has 0 N–H and O–H groups in total. The second-order valence-electron chi connectivity index (χ2n) is 10.5. The molecule has 0 aliphatic carbocycles. The van der Waals surface area contributed by atoms with Gasteiger partial charge in [-0.25, -0.2) is 14.8 Å². The van der Waals surface area contributed by atoms with E-state index in [0.29, 0.717) is 30.0 Å². The highest BCUT2D eigenvalue weighted by Gasteiger charge is 2.29. The Morgan fingerprint density at radius 3 is 2.47 bits per heavy atom. The summed E-state index contributed by atoms with van der Waals surface area (Å²) in [6, 6.07) is 17.9. The predicted octanol–water partition coefficient (Wildman–Crippen LogP) is 5.85. The molecule has 5 rings (SSSR count). The molecule has 2 aromatic heterocycles. The van der Waals surface area contributed by atoms with Gasteiger partial charge in [0.25, 0.3) is 0 Å². The number of fused-ring (bicyclic) bond motifs is 1. The lowest BCUT2D eigenvalue weighted by molar-refractivity contribution is 0.0291. The number of aryl methyl sites for hydroxylation is 1. The van der Waals surface area contributed by atoms with Gasteiger partial charge >= 0.3 is 6.09 Å². The Morgan fingerprint density at radius 2 is 1.79 bits per heavy atom. The molecule has 1 saturated heterocycles. The molecule has 0 saturated carbocycles. The third kappa shape index (κ3) is 5.23. The average molecular weight is 504 g/mol. The third-order valence-electron chi connectivity index (χ3n) is 6.39. The predicted molar refractivity (Wildman–Crippen MR) is 146 cm³/mol.